The van der Waals surface area contributed by atoms with Gasteiger partial charge in [-0.15, -0.1) is 11.6 Å². The van der Waals surface area contributed by atoms with Gasteiger partial charge in [0.2, 0.25) is 0 Å². The molecule has 1 rings (SSSR count). The quantitative estimate of drug-likeness (QED) is 0.562. The van der Waals surface area contributed by atoms with Crippen LogP contribution in [-0.2, 0) is 4.79 Å². The molecule has 2 unspecified atom stereocenters. The molecule has 1 aliphatic carbocycles. The van der Waals surface area contributed by atoms with Crippen LogP contribution in [0.5, 0.6) is 0 Å². The van der Waals surface area contributed by atoms with Gasteiger partial charge in [0, 0.05) is 11.8 Å². The van der Waals surface area contributed by atoms with E-state index in [1.165, 1.54) is 0 Å². The molecule has 13 heavy (non-hydrogen) atoms. The molecule has 74 valence electrons. The van der Waals surface area contributed by atoms with Crippen molar-refractivity contribution in [2.75, 3.05) is 0 Å². The number of carboxylic acids is 1. The van der Waals surface area contributed by atoms with Crippen molar-refractivity contribution in [1.82, 2.24) is 0 Å². The van der Waals surface area contributed by atoms with E-state index in [1.807, 2.05) is 0 Å². The fourth-order valence-corrected chi connectivity index (χ4v) is 1.98. The Bertz CT molecular complexity index is 201. The van der Waals surface area contributed by atoms with Crippen molar-refractivity contribution in [2.45, 2.75) is 37.5 Å². The maximum atomic E-state index is 10.3. The Morgan fingerprint density at radius 2 is 2.38 bits per heavy atom. The number of carbonyl (C=O) groups is 1. The van der Waals surface area contributed by atoms with Crippen molar-refractivity contribution in [2.24, 2.45) is 5.92 Å². The summed E-state index contributed by atoms with van der Waals surface area (Å²) in [6.07, 6.45) is 8.28. The monoisotopic (exact) mass is 202 g/mol. The minimum atomic E-state index is -0.753. The van der Waals surface area contributed by atoms with Crippen LogP contribution < -0.4 is 0 Å². The highest BCUT2D eigenvalue weighted by atomic mass is 35.5. The smallest absolute Gasteiger partial charge is 0.303 e. The lowest BCUT2D eigenvalue weighted by Gasteiger charge is -2.22. The molecule has 0 amide bonds. The summed E-state index contributed by atoms with van der Waals surface area (Å²) in [4.78, 5) is 10.3. The van der Waals surface area contributed by atoms with E-state index in [4.69, 9.17) is 16.7 Å². The number of carboxylic acid groups (broad SMARTS) is 1. The first-order valence-corrected chi connectivity index (χ1v) is 5.14. The summed E-state index contributed by atoms with van der Waals surface area (Å²) in [7, 11) is 0. The van der Waals surface area contributed by atoms with Crippen molar-refractivity contribution in [3.8, 4) is 0 Å². The summed E-state index contributed by atoms with van der Waals surface area (Å²) in [5, 5.41) is 8.52. The zero-order valence-corrected chi connectivity index (χ0v) is 8.33. The molecule has 0 saturated heterocycles. The van der Waals surface area contributed by atoms with E-state index in [1.54, 1.807) is 0 Å². The summed E-state index contributed by atoms with van der Waals surface area (Å²) < 4.78 is 0. The van der Waals surface area contributed by atoms with Crippen molar-refractivity contribution in [3.63, 3.8) is 0 Å². The zero-order chi connectivity index (χ0) is 9.68. The second-order valence-corrected chi connectivity index (χ2v) is 4.05. The Morgan fingerprint density at radius 3 is 2.92 bits per heavy atom. The Balaban J connectivity index is 2.25. The summed E-state index contributed by atoms with van der Waals surface area (Å²) >= 11 is 6.11. The molecule has 0 fully saturated rings. The van der Waals surface area contributed by atoms with Gasteiger partial charge in [0.25, 0.3) is 0 Å². The topological polar surface area (TPSA) is 37.3 Å². The van der Waals surface area contributed by atoms with Crippen LogP contribution in [0.2, 0.25) is 0 Å². The third kappa shape index (κ3) is 3.81. The molecule has 0 aromatic heterocycles. The molecule has 0 radical (unpaired) electrons. The molecule has 2 nitrogen and oxygen atoms in total. The molecule has 0 saturated carbocycles. The molecule has 2 atom stereocenters. The summed E-state index contributed by atoms with van der Waals surface area (Å²) in [6, 6.07) is 0. The molecule has 0 aliphatic heterocycles. The van der Waals surface area contributed by atoms with E-state index in [0.29, 0.717) is 12.3 Å². The lowest BCUT2D eigenvalue weighted by atomic mass is 9.89. The van der Waals surface area contributed by atoms with Gasteiger partial charge >= 0.3 is 5.97 Å². The van der Waals surface area contributed by atoms with Gasteiger partial charge in [-0.1, -0.05) is 12.2 Å². The predicted octanol–water partition coefficient (Wildman–Crippen LogP) is 2.81. The highest BCUT2D eigenvalue weighted by Crippen LogP contribution is 2.27. The number of hydrogen-bond acceptors (Lipinski definition) is 1. The minimum absolute atomic E-state index is 0.0287. The molecule has 0 heterocycles. The first-order chi connectivity index (χ1) is 6.20. The van der Waals surface area contributed by atoms with Gasteiger partial charge in [0.05, 0.1) is 0 Å². The second-order valence-electron chi connectivity index (χ2n) is 3.49. The number of halogens is 1. The Kier molecular flexibility index (Phi) is 4.29. The largest absolute Gasteiger partial charge is 0.481 e. The van der Waals surface area contributed by atoms with Crippen molar-refractivity contribution >= 4 is 17.6 Å². The van der Waals surface area contributed by atoms with Crippen LogP contribution in [0.4, 0.5) is 0 Å². The minimum Gasteiger partial charge on any atom is -0.481 e. The van der Waals surface area contributed by atoms with Crippen molar-refractivity contribution in [3.05, 3.63) is 12.2 Å². The summed E-state index contributed by atoms with van der Waals surface area (Å²) in [5.74, 6) is -0.275. The molecular formula is C10H15ClO2. The van der Waals surface area contributed by atoms with Crippen LogP contribution in [0, 0.1) is 5.92 Å². The highest BCUT2D eigenvalue weighted by molar-refractivity contribution is 6.20. The molecule has 1 N–H and O–H groups in total. The van der Waals surface area contributed by atoms with Crippen LogP contribution in [0.3, 0.4) is 0 Å². The normalized spacial score (nSPS) is 24.2. The maximum absolute atomic E-state index is 10.3. The van der Waals surface area contributed by atoms with Crippen LogP contribution in [0.15, 0.2) is 12.2 Å². The van der Waals surface area contributed by atoms with E-state index >= 15 is 0 Å². The van der Waals surface area contributed by atoms with Gasteiger partial charge in [-0.05, 0) is 31.6 Å². The number of allylic oxidation sites excluding steroid dienone is 2. The summed E-state index contributed by atoms with van der Waals surface area (Å²) in [5.41, 5.74) is 0. The average molecular weight is 203 g/mol. The molecule has 3 heteroatoms. The van der Waals surface area contributed by atoms with E-state index < -0.39 is 5.97 Å². The van der Waals surface area contributed by atoms with Crippen LogP contribution in [0.1, 0.15) is 32.1 Å². The third-order valence-corrected chi connectivity index (χ3v) is 3.03. The Labute approximate surface area is 83.6 Å². The third-order valence-electron chi connectivity index (χ3n) is 2.46. The van der Waals surface area contributed by atoms with Crippen molar-refractivity contribution < 1.29 is 9.90 Å². The molecule has 0 aromatic rings. The average Bonchev–Trinajstić information content (AvgIpc) is 2.15. The lowest BCUT2D eigenvalue weighted by Crippen LogP contribution is -2.17. The highest BCUT2D eigenvalue weighted by Gasteiger charge is 2.19. The van der Waals surface area contributed by atoms with E-state index in [0.717, 1.165) is 19.3 Å². The fourth-order valence-electron chi connectivity index (χ4n) is 1.64. The number of hydrogen-bond donors (Lipinski definition) is 1. The van der Waals surface area contributed by atoms with Crippen molar-refractivity contribution in [1.29, 1.82) is 0 Å². The number of alkyl halides is 1. The van der Waals surface area contributed by atoms with Gasteiger partial charge in [-0.25, -0.2) is 0 Å². The molecular weight excluding hydrogens is 188 g/mol. The first-order valence-electron chi connectivity index (χ1n) is 4.71. The standard InChI is InChI=1S/C10H15ClO2/c11-9(6-7-10(12)13)8-4-2-1-3-5-8/h1-2,8-9H,3-7H2,(H,12,13). The first kappa shape index (κ1) is 10.6. The van der Waals surface area contributed by atoms with Gasteiger partial charge in [0.15, 0.2) is 0 Å². The maximum Gasteiger partial charge on any atom is 0.303 e. The summed E-state index contributed by atoms with van der Waals surface area (Å²) in [6.45, 7) is 0. The Morgan fingerprint density at radius 1 is 1.62 bits per heavy atom. The molecule has 0 bridgehead atoms. The SMILES string of the molecule is O=C(O)CCC(Cl)C1CC=CCC1. The van der Waals surface area contributed by atoms with E-state index in [-0.39, 0.29) is 11.8 Å². The van der Waals surface area contributed by atoms with E-state index in [2.05, 4.69) is 12.2 Å². The fraction of sp³-hybridized carbons (Fsp3) is 0.700. The zero-order valence-electron chi connectivity index (χ0n) is 7.58. The van der Waals surface area contributed by atoms with Gasteiger partial charge in [0.1, 0.15) is 0 Å². The Hall–Kier alpha value is -0.500. The molecule has 0 aromatic carbocycles. The second kappa shape index (κ2) is 5.28. The molecule has 1 aliphatic rings. The van der Waals surface area contributed by atoms with Gasteiger partial charge in [-0.3, -0.25) is 4.79 Å². The van der Waals surface area contributed by atoms with Crippen LogP contribution >= 0.6 is 11.6 Å². The van der Waals surface area contributed by atoms with Crippen LogP contribution in [-0.4, -0.2) is 16.5 Å². The van der Waals surface area contributed by atoms with Gasteiger partial charge in [-0.2, -0.15) is 0 Å². The number of aliphatic carboxylic acids is 1. The molecule has 0 spiro atoms. The van der Waals surface area contributed by atoms with Crippen LogP contribution in [0.25, 0.3) is 0 Å². The van der Waals surface area contributed by atoms with Gasteiger partial charge < -0.3 is 5.11 Å². The number of rotatable bonds is 4. The van der Waals surface area contributed by atoms with E-state index in [9.17, 15) is 4.79 Å². The lowest BCUT2D eigenvalue weighted by molar-refractivity contribution is -0.137. The predicted molar refractivity (Wildman–Crippen MR) is 53.0 cm³/mol.